The largest absolute Gasteiger partial charge is 0.492 e. The van der Waals surface area contributed by atoms with Crippen LogP contribution >= 0.6 is 0 Å². The van der Waals surface area contributed by atoms with Crippen molar-refractivity contribution < 1.29 is 9.53 Å². The van der Waals surface area contributed by atoms with Crippen molar-refractivity contribution in [2.24, 2.45) is 11.5 Å². The number of nitrogens with two attached hydrogens (primary N) is 2. The molecule has 0 fully saturated rings. The molecule has 1 aromatic rings. The third-order valence-corrected chi connectivity index (χ3v) is 1.95. The van der Waals surface area contributed by atoms with Crippen LogP contribution in [0.15, 0.2) is 24.3 Å². The minimum absolute atomic E-state index is 0.288. The summed E-state index contributed by atoms with van der Waals surface area (Å²) in [6.45, 7) is 0.965. The number of benzene rings is 1. The van der Waals surface area contributed by atoms with Gasteiger partial charge in [-0.3, -0.25) is 4.79 Å². The summed E-state index contributed by atoms with van der Waals surface area (Å²) in [6.07, 6.45) is 0.763. The Morgan fingerprint density at radius 3 is 2.94 bits per heavy atom. The van der Waals surface area contributed by atoms with E-state index < -0.39 is 0 Å². The van der Waals surface area contributed by atoms with Gasteiger partial charge in [0.25, 0.3) is 0 Å². The third kappa shape index (κ3) is 5.59. The maximum Gasteiger partial charge on any atom is 0.218 e. The summed E-state index contributed by atoms with van der Waals surface area (Å²) in [5.41, 5.74) is 11.2. The number of carbonyl (C=O) groups excluding carboxylic acids is 1. The maximum atomic E-state index is 10.5. The molecule has 0 bridgehead atoms. The standard InChI is InChI=1S/C13H16N2O2/c14-8-9-17-12-6-3-5-11(10-12)4-1-2-7-13(15)16/h3,5-6,10H,2,7-9,14H2,(H2,15,16). The molecule has 0 saturated heterocycles. The van der Waals surface area contributed by atoms with E-state index in [9.17, 15) is 4.79 Å². The van der Waals surface area contributed by atoms with E-state index in [1.54, 1.807) is 0 Å². The Balaban J connectivity index is 2.55. The Bertz CT molecular complexity index is 433. The zero-order valence-corrected chi connectivity index (χ0v) is 9.61. The molecule has 0 aliphatic carbocycles. The van der Waals surface area contributed by atoms with Gasteiger partial charge in [-0.05, 0) is 18.2 Å². The van der Waals surface area contributed by atoms with Gasteiger partial charge >= 0.3 is 0 Å². The third-order valence-electron chi connectivity index (χ3n) is 1.95. The second-order valence-electron chi connectivity index (χ2n) is 3.43. The van der Waals surface area contributed by atoms with Gasteiger partial charge in [0, 0.05) is 24.9 Å². The van der Waals surface area contributed by atoms with E-state index in [2.05, 4.69) is 11.8 Å². The molecular formula is C13H16N2O2. The molecule has 0 atom stereocenters. The van der Waals surface area contributed by atoms with Crippen LogP contribution < -0.4 is 16.2 Å². The lowest BCUT2D eigenvalue weighted by atomic mass is 10.2. The van der Waals surface area contributed by atoms with Gasteiger partial charge < -0.3 is 16.2 Å². The molecule has 0 spiro atoms. The van der Waals surface area contributed by atoms with Gasteiger partial charge in [0.1, 0.15) is 12.4 Å². The van der Waals surface area contributed by atoms with Crippen LogP contribution in [0.5, 0.6) is 5.75 Å². The molecule has 1 amide bonds. The minimum atomic E-state index is -0.334. The van der Waals surface area contributed by atoms with Gasteiger partial charge in [0.15, 0.2) is 0 Å². The lowest BCUT2D eigenvalue weighted by Gasteiger charge is -2.03. The predicted octanol–water partition coefficient (Wildman–Crippen LogP) is 0.641. The van der Waals surface area contributed by atoms with E-state index in [-0.39, 0.29) is 12.3 Å². The number of carbonyl (C=O) groups is 1. The van der Waals surface area contributed by atoms with Crippen molar-refractivity contribution in [2.45, 2.75) is 12.8 Å². The van der Waals surface area contributed by atoms with Crippen LogP contribution in [0.2, 0.25) is 0 Å². The van der Waals surface area contributed by atoms with Crippen molar-refractivity contribution in [1.29, 1.82) is 0 Å². The van der Waals surface area contributed by atoms with Crippen molar-refractivity contribution in [3.63, 3.8) is 0 Å². The molecule has 0 heterocycles. The Morgan fingerprint density at radius 2 is 2.24 bits per heavy atom. The van der Waals surface area contributed by atoms with Gasteiger partial charge in [-0.25, -0.2) is 0 Å². The number of amides is 1. The summed E-state index contributed by atoms with van der Waals surface area (Å²) >= 11 is 0. The lowest BCUT2D eigenvalue weighted by Crippen LogP contribution is -2.10. The summed E-state index contributed by atoms with van der Waals surface area (Å²) in [5.74, 6) is 6.25. The quantitative estimate of drug-likeness (QED) is 0.731. The van der Waals surface area contributed by atoms with Crippen molar-refractivity contribution in [3.8, 4) is 17.6 Å². The number of hydrogen-bond donors (Lipinski definition) is 2. The van der Waals surface area contributed by atoms with E-state index in [0.717, 1.165) is 11.3 Å². The van der Waals surface area contributed by atoms with Crippen molar-refractivity contribution in [2.75, 3.05) is 13.2 Å². The van der Waals surface area contributed by atoms with Crippen LogP contribution in [0.1, 0.15) is 18.4 Å². The minimum Gasteiger partial charge on any atom is -0.492 e. The second-order valence-corrected chi connectivity index (χ2v) is 3.43. The Hall–Kier alpha value is -1.99. The number of primary amides is 1. The molecular weight excluding hydrogens is 216 g/mol. The first kappa shape index (κ1) is 13.1. The monoisotopic (exact) mass is 232 g/mol. The van der Waals surface area contributed by atoms with Gasteiger partial charge in [-0.2, -0.15) is 0 Å². The van der Waals surface area contributed by atoms with Crippen molar-refractivity contribution in [1.82, 2.24) is 0 Å². The zero-order valence-electron chi connectivity index (χ0n) is 9.61. The summed E-state index contributed by atoms with van der Waals surface area (Å²) in [6, 6.07) is 7.44. The molecule has 0 saturated carbocycles. The molecule has 0 aliphatic rings. The molecule has 0 aliphatic heterocycles. The molecule has 0 unspecified atom stereocenters. The molecule has 0 aromatic heterocycles. The van der Waals surface area contributed by atoms with E-state index in [0.29, 0.717) is 19.6 Å². The van der Waals surface area contributed by atoms with Crippen LogP contribution in [0.25, 0.3) is 0 Å². The summed E-state index contributed by atoms with van der Waals surface area (Å²) < 4.78 is 5.37. The Labute approximate surface area is 101 Å². The molecule has 4 nitrogen and oxygen atoms in total. The molecule has 1 rings (SSSR count). The fourth-order valence-corrected chi connectivity index (χ4v) is 1.19. The van der Waals surface area contributed by atoms with Crippen LogP contribution in [0.3, 0.4) is 0 Å². The SMILES string of the molecule is NCCOc1cccc(C#CCCC(N)=O)c1. The second kappa shape index (κ2) is 7.31. The van der Waals surface area contributed by atoms with Crippen LogP contribution in [-0.2, 0) is 4.79 Å². The van der Waals surface area contributed by atoms with Gasteiger partial charge in [0.05, 0.1) is 0 Å². The lowest BCUT2D eigenvalue weighted by molar-refractivity contribution is -0.117. The Morgan fingerprint density at radius 1 is 1.41 bits per heavy atom. The first-order valence-corrected chi connectivity index (χ1v) is 5.42. The highest BCUT2D eigenvalue weighted by Gasteiger charge is 1.94. The fourth-order valence-electron chi connectivity index (χ4n) is 1.19. The van der Waals surface area contributed by atoms with Crippen LogP contribution in [0, 0.1) is 11.8 Å². The summed E-state index contributed by atoms with van der Waals surface area (Å²) in [5, 5.41) is 0. The average molecular weight is 232 g/mol. The first-order chi connectivity index (χ1) is 8.22. The zero-order chi connectivity index (χ0) is 12.5. The smallest absolute Gasteiger partial charge is 0.218 e. The van der Waals surface area contributed by atoms with Crippen LogP contribution in [0.4, 0.5) is 0 Å². The van der Waals surface area contributed by atoms with Gasteiger partial charge in [-0.15, -0.1) is 0 Å². The summed E-state index contributed by atoms with van der Waals surface area (Å²) in [4.78, 5) is 10.5. The number of hydrogen-bond acceptors (Lipinski definition) is 3. The fraction of sp³-hybridized carbons (Fsp3) is 0.308. The molecule has 17 heavy (non-hydrogen) atoms. The normalized spacial score (nSPS) is 9.24. The van der Waals surface area contributed by atoms with Crippen LogP contribution in [-0.4, -0.2) is 19.1 Å². The average Bonchev–Trinajstić information content (AvgIpc) is 2.32. The van der Waals surface area contributed by atoms with Crippen molar-refractivity contribution in [3.05, 3.63) is 29.8 Å². The van der Waals surface area contributed by atoms with Gasteiger partial charge in [0.2, 0.25) is 5.91 Å². The first-order valence-electron chi connectivity index (χ1n) is 5.42. The van der Waals surface area contributed by atoms with E-state index in [4.69, 9.17) is 16.2 Å². The summed E-state index contributed by atoms with van der Waals surface area (Å²) in [7, 11) is 0. The molecule has 90 valence electrons. The van der Waals surface area contributed by atoms with E-state index in [1.807, 2.05) is 24.3 Å². The predicted molar refractivity (Wildman–Crippen MR) is 66.3 cm³/mol. The maximum absolute atomic E-state index is 10.5. The highest BCUT2D eigenvalue weighted by atomic mass is 16.5. The van der Waals surface area contributed by atoms with Crippen molar-refractivity contribution >= 4 is 5.91 Å². The highest BCUT2D eigenvalue weighted by Crippen LogP contribution is 2.12. The Kier molecular flexibility index (Phi) is 5.62. The van der Waals surface area contributed by atoms with E-state index >= 15 is 0 Å². The highest BCUT2D eigenvalue weighted by molar-refractivity contribution is 5.74. The molecule has 0 radical (unpaired) electrons. The number of rotatable bonds is 5. The topological polar surface area (TPSA) is 78.3 Å². The molecule has 4 heteroatoms. The molecule has 1 aromatic carbocycles. The van der Waals surface area contributed by atoms with Gasteiger partial charge in [-0.1, -0.05) is 17.9 Å². The van der Waals surface area contributed by atoms with E-state index in [1.165, 1.54) is 0 Å². The molecule has 4 N–H and O–H groups in total. The number of ether oxygens (including phenoxy) is 1.